The molecule has 7 nitrogen and oxygen atoms in total. The zero-order chi connectivity index (χ0) is 21.3. The summed E-state index contributed by atoms with van der Waals surface area (Å²) in [7, 11) is 0. The number of anilines is 1. The molecule has 0 aliphatic rings. The Bertz CT molecular complexity index is 1290. The summed E-state index contributed by atoms with van der Waals surface area (Å²) in [4.78, 5) is 28.4. The number of aromatic nitrogens is 1. The first-order valence-corrected chi connectivity index (χ1v) is 10.8. The number of halogens is 2. The number of hydrogen-bond acceptors (Lipinski definition) is 7. The SMILES string of the molecule is O=C(c1ccc(F)cc1)N(/N=C/c1ccc([N+](=O)[O-])s1)c1nc2ccc(Br)cc2s1. The van der Waals surface area contributed by atoms with E-state index in [4.69, 9.17) is 0 Å². The van der Waals surface area contributed by atoms with E-state index in [0.29, 0.717) is 15.5 Å². The monoisotopic (exact) mass is 504 g/mol. The van der Waals surface area contributed by atoms with Crippen LogP contribution in [-0.2, 0) is 0 Å². The topological polar surface area (TPSA) is 88.7 Å². The van der Waals surface area contributed by atoms with Crippen molar-refractivity contribution in [2.45, 2.75) is 0 Å². The number of benzene rings is 2. The van der Waals surface area contributed by atoms with E-state index in [0.717, 1.165) is 25.5 Å². The molecule has 0 bridgehead atoms. The lowest BCUT2D eigenvalue weighted by Gasteiger charge is -2.13. The average molecular weight is 505 g/mol. The van der Waals surface area contributed by atoms with Crippen molar-refractivity contribution in [3.05, 3.63) is 85.4 Å². The van der Waals surface area contributed by atoms with Crippen molar-refractivity contribution in [3.63, 3.8) is 0 Å². The van der Waals surface area contributed by atoms with E-state index in [2.05, 4.69) is 26.0 Å². The van der Waals surface area contributed by atoms with Crippen LogP contribution in [0.1, 0.15) is 15.2 Å². The molecule has 0 fully saturated rings. The first-order chi connectivity index (χ1) is 14.4. The molecule has 0 unspecified atom stereocenters. The van der Waals surface area contributed by atoms with E-state index in [9.17, 15) is 19.3 Å². The number of thiophene rings is 1. The summed E-state index contributed by atoms with van der Waals surface area (Å²) in [5.41, 5.74) is 0.920. The van der Waals surface area contributed by atoms with Gasteiger partial charge in [-0.25, -0.2) is 9.37 Å². The van der Waals surface area contributed by atoms with Gasteiger partial charge in [-0.3, -0.25) is 14.9 Å². The fourth-order valence-corrected chi connectivity index (χ4v) is 4.67. The third kappa shape index (κ3) is 4.27. The van der Waals surface area contributed by atoms with Crippen LogP contribution < -0.4 is 5.01 Å². The second-order valence-corrected chi connectivity index (χ2v) is 8.93. The van der Waals surface area contributed by atoms with Crippen LogP contribution in [0.2, 0.25) is 0 Å². The van der Waals surface area contributed by atoms with Gasteiger partial charge in [0, 0.05) is 16.1 Å². The number of nitrogens with zero attached hydrogens (tertiary/aromatic N) is 4. The lowest BCUT2D eigenvalue weighted by molar-refractivity contribution is -0.380. The normalized spacial score (nSPS) is 11.3. The summed E-state index contributed by atoms with van der Waals surface area (Å²) in [6.45, 7) is 0. The molecular weight excluding hydrogens is 495 g/mol. The third-order valence-corrected chi connectivity index (χ3v) is 6.36. The fourth-order valence-electron chi connectivity index (χ4n) is 2.50. The first kappa shape index (κ1) is 20.3. The molecule has 30 heavy (non-hydrogen) atoms. The van der Waals surface area contributed by atoms with Crippen LogP contribution in [-0.4, -0.2) is 22.0 Å². The van der Waals surface area contributed by atoms with Gasteiger partial charge in [-0.2, -0.15) is 10.1 Å². The highest BCUT2D eigenvalue weighted by Crippen LogP contribution is 2.32. The lowest BCUT2D eigenvalue weighted by atomic mass is 10.2. The van der Waals surface area contributed by atoms with Crippen LogP contribution in [0, 0.1) is 15.9 Å². The van der Waals surface area contributed by atoms with Crippen LogP contribution in [0.5, 0.6) is 0 Å². The van der Waals surface area contributed by atoms with Gasteiger partial charge in [-0.15, -0.1) is 0 Å². The molecule has 0 saturated heterocycles. The molecule has 0 spiro atoms. The smallest absolute Gasteiger partial charge is 0.267 e. The Labute approximate surface area is 185 Å². The summed E-state index contributed by atoms with van der Waals surface area (Å²) < 4.78 is 15.0. The summed E-state index contributed by atoms with van der Waals surface area (Å²) in [5, 5.41) is 16.5. The van der Waals surface area contributed by atoms with Gasteiger partial charge in [-0.05, 0) is 48.5 Å². The molecule has 4 rings (SSSR count). The van der Waals surface area contributed by atoms with Crippen molar-refractivity contribution in [1.82, 2.24) is 4.98 Å². The number of amides is 1. The minimum absolute atomic E-state index is 0.0299. The summed E-state index contributed by atoms with van der Waals surface area (Å²) in [6, 6.07) is 13.5. The highest BCUT2D eigenvalue weighted by Gasteiger charge is 2.21. The summed E-state index contributed by atoms with van der Waals surface area (Å²) >= 11 is 5.60. The van der Waals surface area contributed by atoms with Crippen LogP contribution in [0.4, 0.5) is 14.5 Å². The van der Waals surface area contributed by atoms with Gasteiger partial charge in [0.2, 0.25) is 5.13 Å². The van der Waals surface area contributed by atoms with Crippen molar-refractivity contribution >= 4 is 71.1 Å². The van der Waals surface area contributed by atoms with Gasteiger partial charge in [0.05, 0.1) is 26.2 Å². The quantitative estimate of drug-likeness (QED) is 0.193. The Hall–Kier alpha value is -3.02. The van der Waals surface area contributed by atoms with Gasteiger partial charge in [0.15, 0.2) is 0 Å². The average Bonchev–Trinajstić information content (AvgIpc) is 3.35. The van der Waals surface area contributed by atoms with E-state index in [-0.39, 0.29) is 10.6 Å². The highest BCUT2D eigenvalue weighted by molar-refractivity contribution is 9.10. The molecule has 2 aromatic carbocycles. The van der Waals surface area contributed by atoms with E-state index in [1.54, 1.807) is 6.07 Å². The molecule has 0 saturated carbocycles. The van der Waals surface area contributed by atoms with Gasteiger partial charge in [0.25, 0.3) is 5.91 Å². The number of hydrogen-bond donors (Lipinski definition) is 0. The standard InChI is InChI=1S/C19H10BrFN4O3S2/c20-12-3-7-15-16(9-12)30-19(23-15)24(18(26)11-1-4-13(21)5-2-11)22-10-14-6-8-17(29-14)25(27)28/h1-10H/b22-10+. The van der Waals surface area contributed by atoms with Crippen molar-refractivity contribution in [2.24, 2.45) is 5.10 Å². The fraction of sp³-hybridized carbons (Fsp3) is 0. The predicted molar refractivity (Wildman–Crippen MR) is 119 cm³/mol. The molecule has 0 N–H and O–H groups in total. The van der Waals surface area contributed by atoms with Crippen molar-refractivity contribution in [3.8, 4) is 0 Å². The second-order valence-electron chi connectivity index (χ2n) is 5.91. The zero-order valence-corrected chi connectivity index (χ0v) is 18.1. The van der Waals surface area contributed by atoms with E-state index < -0.39 is 16.6 Å². The number of fused-ring (bicyclic) bond motifs is 1. The van der Waals surface area contributed by atoms with Crippen molar-refractivity contribution in [1.29, 1.82) is 0 Å². The largest absolute Gasteiger partial charge is 0.324 e. The van der Waals surface area contributed by atoms with Crippen molar-refractivity contribution < 1.29 is 14.1 Å². The Morgan fingerprint density at radius 2 is 1.93 bits per heavy atom. The van der Waals surface area contributed by atoms with E-state index in [1.807, 2.05) is 18.2 Å². The number of rotatable bonds is 5. The summed E-state index contributed by atoms with van der Waals surface area (Å²) in [5.74, 6) is -0.965. The number of carbonyl (C=O) groups is 1. The van der Waals surface area contributed by atoms with Gasteiger partial charge in [-0.1, -0.05) is 38.6 Å². The third-order valence-electron chi connectivity index (χ3n) is 3.90. The maximum absolute atomic E-state index is 13.3. The minimum atomic E-state index is -0.504. The lowest BCUT2D eigenvalue weighted by Crippen LogP contribution is -2.25. The second kappa shape index (κ2) is 8.38. The molecule has 11 heteroatoms. The van der Waals surface area contributed by atoms with Crippen LogP contribution in [0.15, 0.2) is 64.2 Å². The van der Waals surface area contributed by atoms with Gasteiger partial charge >= 0.3 is 5.00 Å². The van der Waals surface area contributed by atoms with Gasteiger partial charge < -0.3 is 0 Å². The number of thiazole rings is 1. The number of hydrazone groups is 1. The molecule has 0 radical (unpaired) electrons. The molecule has 2 heterocycles. The van der Waals surface area contributed by atoms with Crippen LogP contribution >= 0.6 is 38.6 Å². The molecule has 2 aromatic heterocycles. The number of carbonyl (C=O) groups excluding carboxylic acids is 1. The molecule has 0 aliphatic heterocycles. The molecular formula is C19H10BrFN4O3S2. The molecule has 0 atom stereocenters. The van der Waals surface area contributed by atoms with E-state index >= 15 is 0 Å². The van der Waals surface area contributed by atoms with Crippen LogP contribution in [0.25, 0.3) is 10.2 Å². The number of nitro groups is 1. The predicted octanol–water partition coefficient (Wildman–Crippen LogP) is 5.85. The minimum Gasteiger partial charge on any atom is -0.267 e. The van der Waals surface area contributed by atoms with Crippen molar-refractivity contribution in [2.75, 3.05) is 5.01 Å². The Balaban J connectivity index is 1.74. The Morgan fingerprint density at radius 1 is 1.17 bits per heavy atom. The van der Waals surface area contributed by atoms with Gasteiger partial charge in [0.1, 0.15) is 5.82 Å². The first-order valence-electron chi connectivity index (χ1n) is 8.35. The molecule has 150 valence electrons. The molecule has 0 aliphatic carbocycles. The summed E-state index contributed by atoms with van der Waals surface area (Å²) in [6.07, 6.45) is 1.36. The maximum atomic E-state index is 13.3. The highest BCUT2D eigenvalue weighted by atomic mass is 79.9. The Kier molecular flexibility index (Phi) is 5.66. The Morgan fingerprint density at radius 3 is 2.63 bits per heavy atom. The van der Waals surface area contributed by atoms with Crippen LogP contribution in [0.3, 0.4) is 0 Å². The molecule has 4 aromatic rings. The molecule has 1 amide bonds. The maximum Gasteiger partial charge on any atom is 0.324 e. The zero-order valence-electron chi connectivity index (χ0n) is 14.9. The van der Waals surface area contributed by atoms with E-state index in [1.165, 1.54) is 47.9 Å².